The maximum absolute atomic E-state index is 12.2. The Hall–Kier alpha value is -1.83. The van der Waals surface area contributed by atoms with Gasteiger partial charge < -0.3 is 10.4 Å². The van der Waals surface area contributed by atoms with E-state index in [0.717, 1.165) is 24.5 Å². The molecule has 3 rings (SSSR count). The summed E-state index contributed by atoms with van der Waals surface area (Å²) >= 11 is 1.33. The molecule has 0 radical (unpaired) electrons. The van der Waals surface area contributed by atoms with Gasteiger partial charge in [-0.25, -0.2) is 0 Å². The van der Waals surface area contributed by atoms with Crippen molar-refractivity contribution >= 4 is 22.4 Å². The van der Waals surface area contributed by atoms with Gasteiger partial charge in [0, 0.05) is 13.1 Å². The summed E-state index contributed by atoms with van der Waals surface area (Å²) in [6.07, 6.45) is 1.60. The van der Waals surface area contributed by atoms with E-state index in [0.29, 0.717) is 18.1 Å². The van der Waals surface area contributed by atoms with Crippen LogP contribution < -0.4 is 5.32 Å². The van der Waals surface area contributed by atoms with Gasteiger partial charge in [0.15, 0.2) is 0 Å². The van der Waals surface area contributed by atoms with Gasteiger partial charge in [-0.15, -0.1) is 10.2 Å². The topological polar surface area (TPSA) is 78.3 Å². The molecule has 2 aromatic rings. The number of aryl methyl sites for hydroxylation is 1. The number of aliphatic hydroxyl groups is 1. The standard InChI is InChI=1S/C17H22N4O2S/c1-13-19-20-16(24-13)18-15(22)10-17(23)8-5-9-21(12-17)11-14-6-3-2-4-7-14/h2-4,6-7,23H,5,8-12H2,1H3,(H,18,20,22). The summed E-state index contributed by atoms with van der Waals surface area (Å²) in [6.45, 7) is 4.07. The molecule has 128 valence electrons. The Balaban J connectivity index is 1.56. The first kappa shape index (κ1) is 17.0. The summed E-state index contributed by atoms with van der Waals surface area (Å²) in [5.74, 6) is -0.213. The molecule has 1 aromatic heterocycles. The Morgan fingerprint density at radius 1 is 1.38 bits per heavy atom. The lowest BCUT2D eigenvalue weighted by molar-refractivity contribution is -0.123. The van der Waals surface area contributed by atoms with Crippen molar-refractivity contribution in [3.63, 3.8) is 0 Å². The zero-order valence-electron chi connectivity index (χ0n) is 13.7. The van der Waals surface area contributed by atoms with Crippen LogP contribution in [-0.2, 0) is 11.3 Å². The van der Waals surface area contributed by atoms with Crippen LogP contribution in [0.15, 0.2) is 30.3 Å². The first-order valence-corrected chi connectivity index (χ1v) is 8.93. The molecule has 1 amide bonds. The number of nitrogens with one attached hydrogen (secondary N) is 1. The average Bonchev–Trinajstić information content (AvgIpc) is 2.92. The number of likely N-dealkylation sites (tertiary alicyclic amines) is 1. The maximum Gasteiger partial charge on any atom is 0.229 e. The maximum atomic E-state index is 12.2. The fraction of sp³-hybridized carbons (Fsp3) is 0.471. The van der Waals surface area contributed by atoms with E-state index in [1.165, 1.54) is 16.9 Å². The lowest BCUT2D eigenvalue weighted by Crippen LogP contribution is -2.49. The van der Waals surface area contributed by atoms with Crippen LogP contribution in [0.4, 0.5) is 5.13 Å². The summed E-state index contributed by atoms with van der Waals surface area (Å²) in [5, 5.41) is 22.6. The van der Waals surface area contributed by atoms with Crippen LogP contribution >= 0.6 is 11.3 Å². The number of rotatable bonds is 5. The van der Waals surface area contributed by atoms with Crippen molar-refractivity contribution in [1.82, 2.24) is 15.1 Å². The molecular weight excluding hydrogens is 324 g/mol. The average molecular weight is 346 g/mol. The number of hydrogen-bond donors (Lipinski definition) is 2. The number of piperidine rings is 1. The molecule has 1 aliphatic heterocycles. The minimum Gasteiger partial charge on any atom is -0.388 e. The molecule has 2 N–H and O–H groups in total. The summed E-state index contributed by atoms with van der Waals surface area (Å²) < 4.78 is 0. The summed E-state index contributed by atoms with van der Waals surface area (Å²) in [4.78, 5) is 14.4. The van der Waals surface area contributed by atoms with Gasteiger partial charge in [0.05, 0.1) is 12.0 Å². The Morgan fingerprint density at radius 2 is 2.17 bits per heavy atom. The molecule has 0 bridgehead atoms. The number of nitrogens with zero attached hydrogens (tertiary/aromatic N) is 3. The number of amides is 1. The number of β-amino-alcohol motifs (C(OH)–C–C–N with tert-alkyl or cyclic N) is 1. The van der Waals surface area contributed by atoms with Gasteiger partial charge >= 0.3 is 0 Å². The highest BCUT2D eigenvalue weighted by Crippen LogP contribution is 2.26. The number of benzene rings is 1. The Labute approximate surface area is 145 Å². The van der Waals surface area contributed by atoms with Crippen molar-refractivity contribution in [3.8, 4) is 0 Å². The van der Waals surface area contributed by atoms with Gasteiger partial charge in [0.25, 0.3) is 0 Å². The zero-order chi connectivity index (χ0) is 17.0. The van der Waals surface area contributed by atoms with Crippen LogP contribution in [-0.4, -0.2) is 44.8 Å². The second-order valence-electron chi connectivity index (χ2n) is 6.38. The second-order valence-corrected chi connectivity index (χ2v) is 7.56. The molecule has 1 unspecified atom stereocenters. The van der Waals surface area contributed by atoms with E-state index in [4.69, 9.17) is 0 Å². The molecule has 7 heteroatoms. The lowest BCUT2D eigenvalue weighted by atomic mass is 9.89. The van der Waals surface area contributed by atoms with Crippen molar-refractivity contribution < 1.29 is 9.90 Å². The second kappa shape index (κ2) is 7.38. The largest absolute Gasteiger partial charge is 0.388 e. The minimum absolute atomic E-state index is 0.0803. The fourth-order valence-corrected chi connectivity index (χ4v) is 3.74. The molecule has 0 spiro atoms. The van der Waals surface area contributed by atoms with E-state index in [-0.39, 0.29) is 12.3 Å². The van der Waals surface area contributed by atoms with Crippen LogP contribution in [0.25, 0.3) is 0 Å². The van der Waals surface area contributed by atoms with Crippen molar-refractivity contribution in [2.24, 2.45) is 0 Å². The number of carbonyl (C=O) groups excluding carboxylic acids is 1. The summed E-state index contributed by atoms with van der Waals surface area (Å²) in [5.41, 5.74) is 0.229. The van der Waals surface area contributed by atoms with Gasteiger partial charge in [-0.2, -0.15) is 0 Å². The Bertz CT molecular complexity index is 691. The minimum atomic E-state index is -0.989. The van der Waals surface area contributed by atoms with E-state index in [1.807, 2.05) is 25.1 Å². The molecular formula is C17H22N4O2S. The zero-order valence-corrected chi connectivity index (χ0v) is 14.6. The van der Waals surface area contributed by atoms with Crippen molar-refractivity contribution in [2.45, 2.75) is 38.3 Å². The number of aromatic nitrogens is 2. The van der Waals surface area contributed by atoms with Crippen molar-refractivity contribution in [1.29, 1.82) is 0 Å². The Morgan fingerprint density at radius 3 is 2.88 bits per heavy atom. The number of carbonyl (C=O) groups is 1. The molecule has 1 aromatic carbocycles. The van der Waals surface area contributed by atoms with Crippen molar-refractivity contribution in [3.05, 3.63) is 40.9 Å². The first-order valence-electron chi connectivity index (χ1n) is 8.11. The highest BCUT2D eigenvalue weighted by Gasteiger charge is 2.35. The van der Waals surface area contributed by atoms with Gasteiger partial charge in [-0.1, -0.05) is 41.7 Å². The van der Waals surface area contributed by atoms with Crippen LogP contribution in [0, 0.1) is 6.92 Å². The number of hydrogen-bond acceptors (Lipinski definition) is 6. The normalized spacial score (nSPS) is 21.6. The Kier molecular flexibility index (Phi) is 5.23. The molecule has 24 heavy (non-hydrogen) atoms. The predicted octanol–water partition coefficient (Wildman–Crippen LogP) is 2.20. The predicted molar refractivity (Wildman–Crippen MR) is 93.8 cm³/mol. The molecule has 0 aliphatic carbocycles. The molecule has 1 atom stereocenters. The summed E-state index contributed by atoms with van der Waals surface area (Å²) in [7, 11) is 0. The SMILES string of the molecule is Cc1nnc(NC(=O)CC2(O)CCCN(Cc3ccccc3)C2)s1. The highest BCUT2D eigenvalue weighted by molar-refractivity contribution is 7.15. The molecule has 1 fully saturated rings. The van der Waals surface area contributed by atoms with E-state index in [9.17, 15) is 9.90 Å². The van der Waals surface area contributed by atoms with Crippen LogP contribution in [0.5, 0.6) is 0 Å². The monoisotopic (exact) mass is 346 g/mol. The third kappa shape index (κ3) is 4.59. The van der Waals surface area contributed by atoms with Gasteiger partial charge in [-0.05, 0) is 31.9 Å². The lowest BCUT2D eigenvalue weighted by Gasteiger charge is -2.38. The van der Waals surface area contributed by atoms with Gasteiger partial charge in [0.1, 0.15) is 5.01 Å². The third-order valence-electron chi connectivity index (χ3n) is 4.15. The van der Waals surface area contributed by atoms with Crippen LogP contribution in [0.1, 0.15) is 29.8 Å². The molecule has 6 nitrogen and oxygen atoms in total. The molecule has 1 aliphatic rings. The smallest absolute Gasteiger partial charge is 0.229 e. The van der Waals surface area contributed by atoms with Crippen molar-refractivity contribution in [2.75, 3.05) is 18.4 Å². The molecule has 0 saturated carbocycles. The van der Waals surface area contributed by atoms with E-state index >= 15 is 0 Å². The third-order valence-corrected chi connectivity index (χ3v) is 4.90. The van der Waals surface area contributed by atoms with Crippen LogP contribution in [0.3, 0.4) is 0 Å². The number of anilines is 1. The van der Waals surface area contributed by atoms with E-state index in [2.05, 4.69) is 32.5 Å². The first-order chi connectivity index (χ1) is 11.5. The highest BCUT2D eigenvalue weighted by atomic mass is 32.1. The quantitative estimate of drug-likeness (QED) is 0.868. The molecule has 2 heterocycles. The van der Waals surface area contributed by atoms with Crippen LogP contribution in [0.2, 0.25) is 0 Å². The fourth-order valence-electron chi connectivity index (χ4n) is 3.14. The van der Waals surface area contributed by atoms with E-state index in [1.54, 1.807) is 0 Å². The van der Waals surface area contributed by atoms with Gasteiger partial charge in [-0.3, -0.25) is 9.69 Å². The molecule has 1 saturated heterocycles. The summed E-state index contributed by atoms with van der Waals surface area (Å²) in [6, 6.07) is 10.2. The van der Waals surface area contributed by atoms with Gasteiger partial charge in [0.2, 0.25) is 11.0 Å². The van der Waals surface area contributed by atoms with E-state index < -0.39 is 5.60 Å².